The summed E-state index contributed by atoms with van der Waals surface area (Å²) in [5.74, 6) is 1.04. The van der Waals surface area contributed by atoms with Crippen LogP contribution in [0.1, 0.15) is 25.0 Å². The van der Waals surface area contributed by atoms with E-state index in [1.165, 1.54) is 49.0 Å². The maximum Gasteiger partial charge on any atom is 0.273 e. The van der Waals surface area contributed by atoms with Gasteiger partial charge in [0, 0.05) is 25.0 Å². The van der Waals surface area contributed by atoms with Crippen LogP contribution in [-0.2, 0) is 6.61 Å². The van der Waals surface area contributed by atoms with Crippen LogP contribution in [0.25, 0.3) is 5.69 Å². The first-order valence-corrected chi connectivity index (χ1v) is 11.1. The molecule has 1 aliphatic heterocycles. The molecule has 0 unspecified atom stereocenters. The van der Waals surface area contributed by atoms with Crippen LogP contribution in [-0.4, -0.2) is 45.6 Å². The van der Waals surface area contributed by atoms with Gasteiger partial charge in [0.25, 0.3) is 11.1 Å². The summed E-state index contributed by atoms with van der Waals surface area (Å²) in [6.07, 6.45) is 6.65. The molecule has 32 heavy (non-hydrogen) atoms. The zero-order chi connectivity index (χ0) is 22.3. The average Bonchev–Trinajstić information content (AvgIpc) is 3.31. The van der Waals surface area contributed by atoms with E-state index in [0.29, 0.717) is 22.3 Å². The van der Waals surface area contributed by atoms with Gasteiger partial charge in [0.05, 0.1) is 10.7 Å². The first-order chi connectivity index (χ1) is 15.6. The third-order valence-corrected chi connectivity index (χ3v) is 5.60. The van der Waals surface area contributed by atoms with Gasteiger partial charge < -0.3 is 19.9 Å². The topological polar surface area (TPSA) is 92.2 Å². The lowest BCUT2D eigenvalue weighted by atomic mass is 10.3. The van der Waals surface area contributed by atoms with Gasteiger partial charge in [-0.15, -0.1) is 0 Å². The van der Waals surface area contributed by atoms with Crippen molar-refractivity contribution in [3.8, 4) is 11.4 Å². The van der Waals surface area contributed by atoms with Crippen LogP contribution in [0.4, 0.5) is 5.82 Å². The van der Waals surface area contributed by atoms with Crippen LogP contribution in [0.2, 0.25) is 5.02 Å². The standard InChI is InChI=1S/C23H26ClN5O3/c24-17-4-5-18(26-15-17)16-32-19-8-13-29(22(30)14-19)20-6-7-21(27-23(20)31)25-9-3-12-28-10-1-2-11-28/h4-8,13-15H,1-3,9-12,16H2,(H2,25,27,31). The molecule has 0 radical (unpaired) electrons. The number of hydrogen-bond donors (Lipinski definition) is 2. The van der Waals surface area contributed by atoms with E-state index in [1.54, 1.807) is 30.3 Å². The third kappa shape index (κ3) is 5.77. The Morgan fingerprint density at radius 2 is 1.97 bits per heavy atom. The number of anilines is 1. The number of pyridine rings is 3. The minimum atomic E-state index is -0.358. The van der Waals surface area contributed by atoms with Crippen LogP contribution in [0.5, 0.6) is 5.75 Å². The summed E-state index contributed by atoms with van der Waals surface area (Å²) in [7, 11) is 0. The zero-order valence-corrected chi connectivity index (χ0v) is 18.5. The molecule has 2 N–H and O–H groups in total. The molecule has 0 amide bonds. The monoisotopic (exact) mass is 455 g/mol. The number of hydrogen-bond acceptors (Lipinski definition) is 6. The van der Waals surface area contributed by atoms with Gasteiger partial charge in [-0.3, -0.25) is 19.1 Å². The zero-order valence-electron chi connectivity index (χ0n) is 17.7. The van der Waals surface area contributed by atoms with Gasteiger partial charge in [0.15, 0.2) is 0 Å². The molecule has 0 saturated carbocycles. The molecule has 9 heteroatoms. The Hall–Kier alpha value is -3.10. The van der Waals surface area contributed by atoms with Crippen molar-refractivity contribution in [3.05, 3.63) is 80.2 Å². The highest BCUT2D eigenvalue weighted by atomic mass is 35.5. The molecule has 4 heterocycles. The molecule has 3 aromatic heterocycles. The second-order valence-electron chi connectivity index (χ2n) is 7.74. The normalized spacial score (nSPS) is 13.9. The van der Waals surface area contributed by atoms with Crippen LogP contribution in [0, 0.1) is 0 Å². The predicted molar refractivity (Wildman–Crippen MR) is 125 cm³/mol. The van der Waals surface area contributed by atoms with E-state index in [9.17, 15) is 9.59 Å². The van der Waals surface area contributed by atoms with Crippen molar-refractivity contribution in [2.75, 3.05) is 31.5 Å². The first-order valence-electron chi connectivity index (χ1n) is 10.7. The molecule has 1 fully saturated rings. The Balaban J connectivity index is 1.35. The quantitative estimate of drug-likeness (QED) is 0.482. The van der Waals surface area contributed by atoms with Crippen LogP contribution < -0.4 is 21.2 Å². The van der Waals surface area contributed by atoms with Crippen molar-refractivity contribution in [2.45, 2.75) is 25.9 Å². The maximum absolute atomic E-state index is 12.5. The van der Waals surface area contributed by atoms with Crippen LogP contribution >= 0.6 is 11.6 Å². The molecule has 1 aliphatic rings. The van der Waals surface area contributed by atoms with E-state index >= 15 is 0 Å². The molecule has 0 atom stereocenters. The van der Waals surface area contributed by atoms with E-state index in [0.717, 1.165) is 19.5 Å². The number of rotatable bonds is 9. The molecule has 1 saturated heterocycles. The second kappa shape index (κ2) is 10.5. The Morgan fingerprint density at radius 3 is 2.69 bits per heavy atom. The SMILES string of the molecule is O=c1[nH]c(NCCCN2CCCC2)ccc1-n1ccc(OCc2ccc(Cl)cn2)cc1=O. The third-order valence-electron chi connectivity index (χ3n) is 5.38. The fourth-order valence-electron chi connectivity index (χ4n) is 3.69. The number of aromatic nitrogens is 3. The largest absolute Gasteiger partial charge is 0.487 e. The Bertz CT molecular complexity index is 1150. The summed E-state index contributed by atoms with van der Waals surface area (Å²) >= 11 is 5.82. The van der Waals surface area contributed by atoms with E-state index in [1.807, 2.05) is 0 Å². The first kappa shape index (κ1) is 22.1. The van der Waals surface area contributed by atoms with E-state index < -0.39 is 0 Å². The lowest BCUT2D eigenvalue weighted by Gasteiger charge is -2.14. The summed E-state index contributed by atoms with van der Waals surface area (Å²) in [6, 6.07) is 9.88. The highest BCUT2D eigenvalue weighted by Crippen LogP contribution is 2.12. The van der Waals surface area contributed by atoms with Crippen molar-refractivity contribution < 1.29 is 4.74 Å². The van der Waals surface area contributed by atoms with Gasteiger partial charge in [0.2, 0.25) is 0 Å². The van der Waals surface area contributed by atoms with Gasteiger partial charge in [-0.05, 0) is 69.2 Å². The van der Waals surface area contributed by atoms with E-state index in [-0.39, 0.29) is 23.4 Å². The van der Waals surface area contributed by atoms with E-state index in [4.69, 9.17) is 16.3 Å². The molecule has 3 aromatic rings. The Morgan fingerprint density at radius 1 is 1.12 bits per heavy atom. The fraction of sp³-hybridized carbons (Fsp3) is 0.348. The van der Waals surface area contributed by atoms with Gasteiger partial charge in [0.1, 0.15) is 23.9 Å². The lowest BCUT2D eigenvalue weighted by molar-refractivity contribution is 0.300. The van der Waals surface area contributed by atoms with Crippen molar-refractivity contribution in [1.82, 2.24) is 19.4 Å². The Labute approximate surface area is 190 Å². The smallest absolute Gasteiger partial charge is 0.273 e. The molecule has 0 aliphatic carbocycles. The Kier molecular flexibility index (Phi) is 7.24. The number of halogens is 1. The van der Waals surface area contributed by atoms with Gasteiger partial charge in [-0.1, -0.05) is 11.6 Å². The summed E-state index contributed by atoms with van der Waals surface area (Å²) < 4.78 is 6.92. The minimum absolute atomic E-state index is 0.208. The molecule has 4 rings (SSSR count). The highest BCUT2D eigenvalue weighted by Gasteiger charge is 2.11. The number of ether oxygens (including phenoxy) is 1. The van der Waals surface area contributed by atoms with E-state index in [2.05, 4.69) is 20.2 Å². The molecular formula is C23H26ClN5O3. The lowest BCUT2D eigenvalue weighted by Crippen LogP contribution is -2.25. The number of nitrogens with one attached hydrogen (secondary N) is 2. The highest BCUT2D eigenvalue weighted by molar-refractivity contribution is 6.30. The molecule has 0 bridgehead atoms. The number of nitrogens with zero attached hydrogens (tertiary/aromatic N) is 3. The van der Waals surface area contributed by atoms with Crippen molar-refractivity contribution in [1.29, 1.82) is 0 Å². The number of H-pyrrole nitrogens is 1. The average molecular weight is 456 g/mol. The summed E-state index contributed by atoms with van der Waals surface area (Å²) in [4.78, 5) is 34.5. The molecule has 0 aromatic carbocycles. The molecule has 8 nitrogen and oxygen atoms in total. The van der Waals surface area contributed by atoms with Crippen LogP contribution in [0.15, 0.2) is 58.4 Å². The summed E-state index contributed by atoms with van der Waals surface area (Å²) in [5.41, 5.74) is 0.251. The fourth-order valence-corrected chi connectivity index (χ4v) is 3.80. The van der Waals surface area contributed by atoms with Crippen molar-refractivity contribution in [3.63, 3.8) is 0 Å². The maximum atomic E-state index is 12.5. The van der Waals surface area contributed by atoms with Gasteiger partial charge >= 0.3 is 0 Å². The number of aromatic amines is 1. The van der Waals surface area contributed by atoms with Crippen LogP contribution in [0.3, 0.4) is 0 Å². The summed E-state index contributed by atoms with van der Waals surface area (Å²) in [6.45, 7) is 4.41. The molecule has 168 valence electrons. The van der Waals surface area contributed by atoms with Crippen molar-refractivity contribution in [2.24, 2.45) is 0 Å². The molecule has 0 spiro atoms. The predicted octanol–water partition coefficient (Wildman–Crippen LogP) is 3.05. The van der Waals surface area contributed by atoms with Crippen molar-refractivity contribution >= 4 is 17.4 Å². The van der Waals surface area contributed by atoms with Gasteiger partial charge in [-0.2, -0.15) is 0 Å². The summed E-state index contributed by atoms with van der Waals surface area (Å²) in [5, 5.41) is 3.79. The second-order valence-corrected chi connectivity index (χ2v) is 8.18. The molecular weight excluding hydrogens is 430 g/mol. The van der Waals surface area contributed by atoms with Gasteiger partial charge in [-0.25, -0.2) is 0 Å². The minimum Gasteiger partial charge on any atom is -0.487 e. The number of likely N-dealkylation sites (tertiary alicyclic amines) is 1.